The van der Waals surface area contributed by atoms with Crippen molar-refractivity contribution in [2.45, 2.75) is 61.6 Å². The molecule has 0 amide bonds. The van der Waals surface area contributed by atoms with Crippen molar-refractivity contribution < 1.29 is 4.52 Å². The highest BCUT2D eigenvalue weighted by Crippen LogP contribution is 2.42. The third-order valence-electron chi connectivity index (χ3n) is 5.06. The summed E-state index contributed by atoms with van der Waals surface area (Å²) < 4.78 is 5.61. The molecule has 3 aliphatic rings. The molecule has 3 fully saturated rings. The van der Waals surface area contributed by atoms with Gasteiger partial charge in [0, 0.05) is 22.8 Å². The van der Waals surface area contributed by atoms with Gasteiger partial charge in [0.15, 0.2) is 5.82 Å². The molecule has 4 nitrogen and oxygen atoms in total. The van der Waals surface area contributed by atoms with Gasteiger partial charge in [-0.2, -0.15) is 16.7 Å². The molecule has 5 atom stereocenters. The first kappa shape index (κ1) is 14.4. The van der Waals surface area contributed by atoms with Crippen molar-refractivity contribution in [1.82, 2.24) is 15.5 Å². The summed E-state index contributed by atoms with van der Waals surface area (Å²) in [4.78, 5) is 4.75. The number of hydrogen-bond donors (Lipinski definition) is 1. The third-order valence-corrected chi connectivity index (χ3v) is 8.15. The fraction of sp³-hybridized carbons (Fsp3) is 0.867. The first-order chi connectivity index (χ1) is 10.3. The first-order valence-corrected chi connectivity index (χ1v) is 10.2. The lowest BCUT2D eigenvalue weighted by Crippen LogP contribution is -2.30. The standard InChI is InChI=1S/C15H23N3OS2/c1-9-13(21-7-6-20-9)14-17-15(19-18-14)12-8-10-4-2-3-5-11(10)16-12/h9-13,16H,2-8H2,1H3. The average Bonchev–Trinajstić information content (AvgIpc) is 3.14. The van der Waals surface area contributed by atoms with Gasteiger partial charge in [0.2, 0.25) is 5.89 Å². The minimum atomic E-state index is 0.288. The minimum absolute atomic E-state index is 0.288. The number of rotatable bonds is 2. The molecular formula is C15H23N3OS2. The van der Waals surface area contributed by atoms with Gasteiger partial charge in [-0.3, -0.25) is 0 Å². The molecule has 1 aliphatic carbocycles. The van der Waals surface area contributed by atoms with Crippen molar-refractivity contribution in [3.05, 3.63) is 11.7 Å². The molecule has 0 radical (unpaired) electrons. The van der Waals surface area contributed by atoms with E-state index in [1.165, 1.54) is 43.6 Å². The monoisotopic (exact) mass is 325 g/mol. The summed E-state index contributed by atoms with van der Waals surface area (Å²) in [7, 11) is 0. The zero-order chi connectivity index (χ0) is 14.2. The second-order valence-corrected chi connectivity index (χ2v) is 9.20. The Bertz CT molecular complexity index is 481. The fourth-order valence-corrected chi connectivity index (χ4v) is 6.61. The van der Waals surface area contributed by atoms with Crippen LogP contribution >= 0.6 is 23.5 Å². The maximum Gasteiger partial charge on any atom is 0.243 e. The van der Waals surface area contributed by atoms with E-state index < -0.39 is 0 Å². The van der Waals surface area contributed by atoms with Crippen LogP contribution in [-0.4, -0.2) is 32.9 Å². The van der Waals surface area contributed by atoms with E-state index in [9.17, 15) is 0 Å². The molecular weight excluding hydrogens is 302 g/mol. The summed E-state index contributed by atoms with van der Waals surface area (Å²) in [5, 5.41) is 8.99. The van der Waals surface area contributed by atoms with Crippen LogP contribution in [0.2, 0.25) is 0 Å². The first-order valence-electron chi connectivity index (χ1n) is 8.14. The average molecular weight is 326 g/mol. The molecule has 0 spiro atoms. The highest BCUT2D eigenvalue weighted by Gasteiger charge is 2.38. The number of nitrogens with zero attached hydrogens (tertiary/aromatic N) is 2. The summed E-state index contributed by atoms with van der Waals surface area (Å²) in [6, 6.07) is 0.966. The van der Waals surface area contributed by atoms with E-state index in [1.807, 2.05) is 23.5 Å². The van der Waals surface area contributed by atoms with Gasteiger partial charge in [0.05, 0.1) is 11.3 Å². The molecule has 0 aromatic carbocycles. The van der Waals surface area contributed by atoms with E-state index in [4.69, 9.17) is 9.51 Å². The molecule has 0 bridgehead atoms. The van der Waals surface area contributed by atoms with Crippen LogP contribution in [0.25, 0.3) is 0 Å². The zero-order valence-electron chi connectivity index (χ0n) is 12.5. The molecule has 1 saturated carbocycles. The van der Waals surface area contributed by atoms with Crippen LogP contribution in [0.3, 0.4) is 0 Å². The summed E-state index contributed by atoms with van der Waals surface area (Å²) >= 11 is 3.99. The van der Waals surface area contributed by atoms with Crippen molar-refractivity contribution in [2.75, 3.05) is 11.5 Å². The highest BCUT2D eigenvalue weighted by atomic mass is 32.2. The van der Waals surface area contributed by atoms with Gasteiger partial charge in [0.1, 0.15) is 0 Å². The van der Waals surface area contributed by atoms with Gasteiger partial charge in [0.25, 0.3) is 0 Å². The van der Waals surface area contributed by atoms with Gasteiger partial charge >= 0.3 is 0 Å². The number of fused-ring (bicyclic) bond motifs is 1. The van der Waals surface area contributed by atoms with E-state index in [0.29, 0.717) is 16.5 Å². The maximum atomic E-state index is 5.61. The quantitative estimate of drug-likeness (QED) is 0.897. The Hall–Kier alpha value is -0.200. The molecule has 6 heteroatoms. The minimum Gasteiger partial charge on any atom is -0.338 e. The van der Waals surface area contributed by atoms with Crippen LogP contribution in [0.5, 0.6) is 0 Å². The molecule has 2 saturated heterocycles. The lowest BCUT2D eigenvalue weighted by Gasteiger charge is -2.24. The Morgan fingerprint density at radius 2 is 2.05 bits per heavy atom. The highest BCUT2D eigenvalue weighted by molar-refractivity contribution is 8.06. The summed E-state index contributed by atoms with van der Waals surface area (Å²) in [5.41, 5.74) is 0. The van der Waals surface area contributed by atoms with Crippen LogP contribution in [-0.2, 0) is 0 Å². The Morgan fingerprint density at radius 1 is 1.19 bits per heavy atom. The number of nitrogens with one attached hydrogen (secondary N) is 1. The van der Waals surface area contributed by atoms with Crippen molar-refractivity contribution in [3.8, 4) is 0 Å². The van der Waals surface area contributed by atoms with Crippen LogP contribution in [0.4, 0.5) is 0 Å². The predicted octanol–water partition coefficient (Wildman–Crippen LogP) is 3.57. The maximum absolute atomic E-state index is 5.61. The van der Waals surface area contributed by atoms with Crippen LogP contribution < -0.4 is 5.32 Å². The zero-order valence-corrected chi connectivity index (χ0v) is 14.1. The van der Waals surface area contributed by atoms with Crippen LogP contribution in [0.1, 0.15) is 62.0 Å². The second-order valence-electron chi connectivity index (χ2n) is 6.46. The summed E-state index contributed by atoms with van der Waals surface area (Å²) in [6.45, 7) is 2.28. The third kappa shape index (κ3) is 2.86. The van der Waals surface area contributed by atoms with E-state index in [1.54, 1.807) is 0 Å². The SMILES string of the molecule is CC1SCCSC1c1noc(C2CC3CCCCC3N2)n1. The lowest BCUT2D eigenvalue weighted by atomic mass is 9.85. The van der Waals surface area contributed by atoms with Crippen molar-refractivity contribution in [2.24, 2.45) is 5.92 Å². The smallest absolute Gasteiger partial charge is 0.243 e. The van der Waals surface area contributed by atoms with Crippen LogP contribution in [0, 0.1) is 5.92 Å². The Balaban J connectivity index is 1.47. The molecule has 1 aromatic rings. The Morgan fingerprint density at radius 3 is 2.90 bits per heavy atom. The topological polar surface area (TPSA) is 51.0 Å². The summed E-state index contributed by atoms with van der Waals surface area (Å²) in [5.74, 6) is 4.97. The molecule has 3 heterocycles. The van der Waals surface area contributed by atoms with E-state index in [-0.39, 0.29) is 6.04 Å². The van der Waals surface area contributed by atoms with E-state index in [2.05, 4.69) is 17.4 Å². The lowest BCUT2D eigenvalue weighted by molar-refractivity contribution is 0.324. The van der Waals surface area contributed by atoms with Crippen molar-refractivity contribution in [1.29, 1.82) is 0 Å². The van der Waals surface area contributed by atoms with Crippen molar-refractivity contribution >= 4 is 23.5 Å². The largest absolute Gasteiger partial charge is 0.338 e. The fourth-order valence-electron chi connectivity index (χ4n) is 3.93. The normalized spacial score (nSPS) is 40.1. The molecule has 2 aliphatic heterocycles. The second kappa shape index (κ2) is 6.13. The Kier molecular flexibility index (Phi) is 4.20. The molecule has 21 heavy (non-hydrogen) atoms. The molecule has 1 aromatic heterocycles. The predicted molar refractivity (Wildman–Crippen MR) is 87.7 cm³/mol. The van der Waals surface area contributed by atoms with Gasteiger partial charge in [-0.25, -0.2) is 0 Å². The number of hydrogen-bond acceptors (Lipinski definition) is 6. The van der Waals surface area contributed by atoms with Gasteiger partial charge in [-0.1, -0.05) is 24.9 Å². The molecule has 5 unspecified atom stereocenters. The van der Waals surface area contributed by atoms with Crippen molar-refractivity contribution in [3.63, 3.8) is 0 Å². The van der Waals surface area contributed by atoms with E-state index in [0.717, 1.165) is 17.6 Å². The molecule has 116 valence electrons. The van der Waals surface area contributed by atoms with E-state index >= 15 is 0 Å². The molecule has 4 rings (SSSR count). The number of thioether (sulfide) groups is 2. The molecule has 1 N–H and O–H groups in total. The van der Waals surface area contributed by atoms with Gasteiger partial charge in [-0.05, 0) is 25.2 Å². The Labute approximate surface area is 134 Å². The summed E-state index contributed by atoms with van der Waals surface area (Å²) in [6.07, 6.45) is 6.60. The van der Waals surface area contributed by atoms with Gasteiger partial charge < -0.3 is 9.84 Å². The van der Waals surface area contributed by atoms with Gasteiger partial charge in [-0.15, -0.1) is 11.8 Å². The number of aromatic nitrogens is 2. The van der Waals surface area contributed by atoms with Crippen LogP contribution in [0.15, 0.2) is 4.52 Å².